The van der Waals surface area contributed by atoms with Crippen molar-refractivity contribution in [3.05, 3.63) is 0 Å². The highest BCUT2D eigenvalue weighted by Crippen LogP contribution is 2.24. The summed E-state index contributed by atoms with van der Waals surface area (Å²) >= 11 is 0. The van der Waals surface area contributed by atoms with E-state index in [0.29, 0.717) is 5.92 Å². The molecule has 2 amide bonds. The van der Waals surface area contributed by atoms with E-state index in [0.717, 1.165) is 19.3 Å². The monoisotopic (exact) mass is 244 g/mol. The summed E-state index contributed by atoms with van der Waals surface area (Å²) in [5.41, 5.74) is 0. The summed E-state index contributed by atoms with van der Waals surface area (Å²) in [6.45, 7) is 2.13. The molecule has 1 fully saturated rings. The number of ether oxygens (including phenoxy) is 1. The number of rotatable bonds is 5. The van der Waals surface area contributed by atoms with Gasteiger partial charge in [0.25, 0.3) is 0 Å². The van der Waals surface area contributed by atoms with E-state index in [-0.39, 0.29) is 18.6 Å². The molecule has 0 saturated heterocycles. The van der Waals surface area contributed by atoms with Crippen molar-refractivity contribution < 1.29 is 19.4 Å². The fraction of sp³-hybridized carbons (Fsp3) is 0.818. The average molecular weight is 244 g/mol. The fourth-order valence-corrected chi connectivity index (χ4v) is 2.03. The first-order valence-electron chi connectivity index (χ1n) is 5.83. The predicted molar refractivity (Wildman–Crippen MR) is 61.8 cm³/mol. The van der Waals surface area contributed by atoms with Crippen LogP contribution in [0.5, 0.6) is 0 Å². The van der Waals surface area contributed by atoms with Gasteiger partial charge in [-0.15, -0.1) is 0 Å². The molecule has 6 heteroatoms. The van der Waals surface area contributed by atoms with E-state index in [1.54, 1.807) is 0 Å². The Morgan fingerprint density at radius 3 is 2.65 bits per heavy atom. The van der Waals surface area contributed by atoms with Gasteiger partial charge in [0.05, 0.1) is 6.54 Å². The van der Waals surface area contributed by atoms with Gasteiger partial charge < -0.3 is 20.5 Å². The molecule has 0 radical (unpaired) electrons. The summed E-state index contributed by atoms with van der Waals surface area (Å²) < 4.78 is 4.71. The van der Waals surface area contributed by atoms with E-state index >= 15 is 0 Å². The molecule has 6 nitrogen and oxygen atoms in total. The Balaban J connectivity index is 2.23. The van der Waals surface area contributed by atoms with Gasteiger partial charge in [0.2, 0.25) is 0 Å². The van der Waals surface area contributed by atoms with E-state index in [9.17, 15) is 9.59 Å². The summed E-state index contributed by atoms with van der Waals surface area (Å²) in [4.78, 5) is 22.1. The van der Waals surface area contributed by atoms with Crippen LogP contribution >= 0.6 is 0 Å². The molecule has 1 rings (SSSR count). The van der Waals surface area contributed by atoms with Gasteiger partial charge in [0.15, 0.2) is 6.10 Å². The Labute approximate surface area is 101 Å². The van der Waals surface area contributed by atoms with Crippen molar-refractivity contribution in [1.29, 1.82) is 0 Å². The van der Waals surface area contributed by atoms with Crippen LogP contribution in [0.1, 0.15) is 26.2 Å². The van der Waals surface area contributed by atoms with Crippen molar-refractivity contribution in [2.45, 2.75) is 38.3 Å². The predicted octanol–water partition coefficient (Wildman–Crippen LogP) is 0.574. The van der Waals surface area contributed by atoms with Crippen molar-refractivity contribution in [3.8, 4) is 0 Å². The lowest BCUT2D eigenvalue weighted by Crippen LogP contribution is -2.45. The van der Waals surface area contributed by atoms with Crippen LogP contribution in [0, 0.1) is 5.92 Å². The summed E-state index contributed by atoms with van der Waals surface area (Å²) in [6.07, 6.45) is 2.10. The standard InChI is InChI=1S/C11H20N2O4/c1-7-3-4-8(5-7)13-11(16)12-6-9(17-2)10(14)15/h7-9H,3-6H2,1-2H3,(H,14,15)(H2,12,13,16). The molecule has 0 heterocycles. The maximum absolute atomic E-state index is 11.5. The molecule has 3 N–H and O–H groups in total. The molecule has 0 bridgehead atoms. The molecule has 1 aliphatic rings. The third-order valence-electron chi connectivity index (χ3n) is 3.04. The van der Waals surface area contributed by atoms with Crippen LogP contribution < -0.4 is 10.6 Å². The Hall–Kier alpha value is -1.30. The van der Waals surface area contributed by atoms with Crippen LogP contribution in [0.3, 0.4) is 0 Å². The van der Waals surface area contributed by atoms with Crippen LogP contribution in [-0.4, -0.2) is 42.9 Å². The number of nitrogens with one attached hydrogen (secondary N) is 2. The zero-order valence-electron chi connectivity index (χ0n) is 10.2. The lowest BCUT2D eigenvalue weighted by Gasteiger charge is -2.15. The number of amides is 2. The summed E-state index contributed by atoms with van der Waals surface area (Å²) in [7, 11) is 1.30. The molecule has 17 heavy (non-hydrogen) atoms. The Morgan fingerprint density at radius 1 is 1.47 bits per heavy atom. The molecule has 1 aliphatic carbocycles. The van der Waals surface area contributed by atoms with Gasteiger partial charge in [-0.05, 0) is 25.2 Å². The van der Waals surface area contributed by atoms with Gasteiger partial charge >= 0.3 is 12.0 Å². The number of carboxylic acids is 1. The summed E-state index contributed by atoms with van der Waals surface area (Å²) in [6, 6.07) is -0.122. The third kappa shape index (κ3) is 4.60. The van der Waals surface area contributed by atoms with Crippen molar-refractivity contribution in [3.63, 3.8) is 0 Å². The molecule has 0 aliphatic heterocycles. The molecule has 0 aromatic carbocycles. The van der Waals surface area contributed by atoms with Crippen molar-refractivity contribution >= 4 is 12.0 Å². The first-order chi connectivity index (χ1) is 8.02. The van der Waals surface area contributed by atoms with Gasteiger partial charge in [0, 0.05) is 13.2 Å². The van der Waals surface area contributed by atoms with E-state index in [2.05, 4.69) is 17.6 Å². The number of hydrogen-bond donors (Lipinski definition) is 3. The van der Waals surface area contributed by atoms with Gasteiger partial charge in [-0.25, -0.2) is 9.59 Å². The minimum atomic E-state index is -1.08. The van der Waals surface area contributed by atoms with Crippen molar-refractivity contribution in [1.82, 2.24) is 10.6 Å². The number of carbonyl (C=O) groups is 2. The first-order valence-corrected chi connectivity index (χ1v) is 5.83. The Morgan fingerprint density at radius 2 is 2.18 bits per heavy atom. The van der Waals surface area contributed by atoms with Crippen LogP contribution in [0.15, 0.2) is 0 Å². The van der Waals surface area contributed by atoms with Gasteiger partial charge in [-0.1, -0.05) is 6.92 Å². The second kappa shape index (κ2) is 6.44. The number of urea groups is 1. The maximum atomic E-state index is 11.5. The maximum Gasteiger partial charge on any atom is 0.334 e. The highest BCUT2D eigenvalue weighted by Gasteiger charge is 2.23. The molecule has 0 aromatic heterocycles. The van der Waals surface area contributed by atoms with Gasteiger partial charge in [-0.2, -0.15) is 0 Å². The summed E-state index contributed by atoms with van der Waals surface area (Å²) in [5.74, 6) is -0.437. The van der Waals surface area contributed by atoms with E-state index in [1.807, 2.05) is 0 Å². The Kier molecular flexibility index (Phi) is 5.21. The molecule has 0 spiro atoms. The minimum absolute atomic E-state index is 0.0278. The van der Waals surface area contributed by atoms with Crippen molar-refractivity contribution in [2.75, 3.05) is 13.7 Å². The lowest BCUT2D eigenvalue weighted by atomic mass is 10.1. The quantitative estimate of drug-likeness (QED) is 0.660. The normalized spacial score (nSPS) is 25.3. The Bertz CT molecular complexity index is 283. The number of aliphatic carboxylic acids is 1. The molecule has 3 atom stereocenters. The van der Waals surface area contributed by atoms with E-state index in [1.165, 1.54) is 7.11 Å². The van der Waals surface area contributed by atoms with Crippen LogP contribution in [0.4, 0.5) is 4.79 Å². The lowest BCUT2D eigenvalue weighted by molar-refractivity contribution is -0.147. The number of hydrogen-bond acceptors (Lipinski definition) is 3. The molecule has 0 aromatic rings. The first kappa shape index (κ1) is 13.8. The number of carboxylic acid groups (broad SMARTS) is 1. The number of carbonyl (C=O) groups excluding carboxylic acids is 1. The van der Waals surface area contributed by atoms with Crippen LogP contribution in [-0.2, 0) is 9.53 Å². The zero-order chi connectivity index (χ0) is 12.8. The highest BCUT2D eigenvalue weighted by molar-refractivity contribution is 5.77. The third-order valence-corrected chi connectivity index (χ3v) is 3.04. The molecular weight excluding hydrogens is 224 g/mol. The molecule has 3 unspecified atom stereocenters. The number of methoxy groups -OCH3 is 1. The average Bonchev–Trinajstić information content (AvgIpc) is 2.64. The largest absolute Gasteiger partial charge is 0.479 e. The van der Waals surface area contributed by atoms with Crippen LogP contribution in [0.25, 0.3) is 0 Å². The fourth-order valence-electron chi connectivity index (χ4n) is 2.03. The van der Waals surface area contributed by atoms with Gasteiger partial charge in [-0.3, -0.25) is 0 Å². The second-order valence-corrected chi connectivity index (χ2v) is 4.53. The zero-order valence-corrected chi connectivity index (χ0v) is 10.2. The highest BCUT2D eigenvalue weighted by atomic mass is 16.5. The second-order valence-electron chi connectivity index (χ2n) is 4.53. The minimum Gasteiger partial charge on any atom is -0.479 e. The topological polar surface area (TPSA) is 87.7 Å². The molecule has 98 valence electrons. The van der Waals surface area contributed by atoms with E-state index in [4.69, 9.17) is 9.84 Å². The van der Waals surface area contributed by atoms with Gasteiger partial charge in [0.1, 0.15) is 0 Å². The van der Waals surface area contributed by atoms with Crippen LogP contribution in [0.2, 0.25) is 0 Å². The van der Waals surface area contributed by atoms with E-state index < -0.39 is 12.1 Å². The van der Waals surface area contributed by atoms with Crippen molar-refractivity contribution in [2.24, 2.45) is 5.92 Å². The SMILES string of the molecule is COC(CNC(=O)NC1CCC(C)C1)C(=O)O. The summed E-state index contributed by atoms with van der Waals surface area (Å²) in [5, 5.41) is 14.0. The smallest absolute Gasteiger partial charge is 0.334 e. The molecule has 1 saturated carbocycles. The molecular formula is C11H20N2O4.